The van der Waals surface area contributed by atoms with E-state index in [4.69, 9.17) is 9.47 Å². The van der Waals surface area contributed by atoms with Gasteiger partial charge in [0, 0.05) is 12.5 Å². The van der Waals surface area contributed by atoms with Crippen LogP contribution in [0.25, 0.3) is 11.0 Å². The molecule has 1 aromatic heterocycles. The Labute approximate surface area is 141 Å². The monoisotopic (exact) mass is 327 g/mol. The van der Waals surface area contributed by atoms with Crippen molar-refractivity contribution >= 4 is 11.0 Å². The van der Waals surface area contributed by atoms with Gasteiger partial charge in [0.1, 0.15) is 30.8 Å². The zero-order valence-electron chi connectivity index (χ0n) is 14.0. The van der Waals surface area contributed by atoms with Crippen LogP contribution in [0, 0.1) is 0 Å². The smallest absolute Gasteiger partial charge is 0.254 e. The number of aryl methyl sites for hydroxylation is 1. The minimum atomic E-state index is -0.606. The molecule has 0 saturated carbocycles. The fraction of sp³-hybridized carbons (Fsp3) is 0.316. The molecule has 3 rings (SSSR count). The molecule has 0 aliphatic heterocycles. The van der Waals surface area contributed by atoms with Gasteiger partial charge in [0.2, 0.25) is 0 Å². The highest BCUT2D eigenvalue weighted by Crippen LogP contribution is 2.19. The molecule has 0 bridgehead atoms. The number of nitrogens with one attached hydrogen (secondary N) is 1. The van der Waals surface area contributed by atoms with E-state index < -0.39 is 6.10 Å². The Hall–Kier alpha value is -2.53. The summed E-state index contributed by atoms with van der Waals surface area (Å²) in [7, 11) is 1.62. The minimum Gasteiger partial charge on any atom is -0.497 e. The SMILES string of the molecule is CCc1[nH]c2ccccc2[n+]1CC(O)COc1cccc(OC)c1. The van der Waals surface area contributed by atoms with Crippen molar-refractivity contribution in [2.45, 2.75) is 26.0 Å². The number of aliphatic hydroxyl groups excluding tert-OH is 1. The number of imidazole rings is 1. The Balaban J connectivity index is 1.69. The van der Waals surface area contributed by atoms with Crippen LogP contribution < -0.4 is 14.0 Å². The molecule has 24 heavy (non-hydrogen) atoms. The normalized spacial score (nSPS) is 12.3. The van der Waals surface area contributed by atoms with Crippen LogP contribution in [0.4, 0.5) is 0 Å². The van der Waals surface area contributed by atoms with E-state index in [-0.39, 0.29) is 6.61 Å². The number of methoxy groups -OCH3 is 1. The lowest BCUT2D eigenvalue weighted by Gasteiger charge is -2.12. The zero-order valence-corrected chi connectivity index (χ0v) is 14.0. The zero-order chi connectivity index (χ0) is 16.9. The topological polar surface area (TPSA) is 58.4 Å². The molecule has 0 spiro atoms. The molecule has 0 fully saturated rings. The number of ether oxygens (including phenoxy) is 2. The van der Waals surface area contributed by atoms with E-state index in [1.807, 2.05) is 42.5 Å². The van der Waals surface area contributed by atoms with Crippen LogP contribution in [-0.4, -0.2) is 29.9 Å². The lowest BCUT2D eigenvalue weighted by Crippen LogP contribution is -2.44. The van der Waals surface area contributed by atoms with Crippen LogP contribution in [0.3, 0.4) is 0 Å². The number of rotatable bonds is 7. The predicted octanol–water partition coefficient (Wildman–Crippen LogP) is 2.47. The molecule has 126 valence electrons. The maximum absolute atomic E-state index is 10.4. The summed E-state index contributed by atoms with van der Waals surface area (Å²) in [6, 6.07) is 15.5. The molecule has 0 radical (unpaired) electrons. The lowest BCUT2D eigenvalue weighted by atomic mass is 10.3. The number of hydrogen-bond donors (Lipinski definition) is 2. The Bertz CT molecular complexity index is 813. The quantitative estimate of drug-likeness (QED) is 0.656. The van der Waals surface area contributed by atoms with Gasteiger partial charge in [-0.25, -0.2) is 9.55 Å². The first-order chi connectivity index (χ1) is 11.7. The fourth-order valence-corrected chi connectivity index (χ4v) is 2.82. The summed E-state index contributed by atoms with van der Waals surface area (Å²) in [5.74, 6) is 2.52. The highest BCUT2D eigenvalue weighted by Gasteiger charge is 2.20. The van der Waals surface area contributed by atoms with E-state index in [0.29, 0.717) is 12.3 Å². The van der Waals surface area contributed by atoms with E-state index in [2.05, 4.69) is 22.5 Å². The summed E-state index contributed by atoms with van der Waals surface area (Å²) in [6.07, 6.45) is 0.267. The summed E-state index contributed by atoms with van der Waals surface area (Å²) in [5.41, 5.74) is 2.17. The number of nitrogens with zero attached hydrogens (tertiary/aromatic N) is 1. The summed E-state index contributed by atoms with van der Waals surface area (Å²) in [4.78, 5) is 3.40. The first kappa shape index (κ1) is 16.3. The van der Waals surface area contributed by atoms with Crippen LogP contribution in [0.1, 0.15) is 12.7 Å². The van der Waals surface area contributed by atoms with E-state index in [0.717, 1.165) is 29.0 Å². The Morgan fingerprint density at radius 3 is 2.71 bits per heavy atom. The van der Waals surface area contributed by atoms with Crippen LogP contribution in [0.2, 0.25) is 0 Å². The number of aliphatic hydroxyl groups is 1. The van der Waals surface area contributed by atoms with Crippen LogP contribution >= 0.6 is 0 Å². The van der Waals surface area contributed by atoms with Crippen LogP contribution in [-0.2, 0) is 13.0 Å². The van der Waals surface area contributed by atoms with Gasteiger partial charge < -0.3 is 14.6 Å². The third-order valence-electron chi connectivity index (χ3n) is 4.01. The second-order valence-electron chi connectivity index (χ2n) is 5.70. The summed E-state index contributed by atoms with van der Waals surface area (Å²) in [6.45, 7) is 2.81. The van der Waals surface area contributed by atoms with E-state index >= 15 is 0 Å². The molecule has 1 heterocycles. The number of para-hydroxylation sites is 2. The molecule has 5 nitrogen and oxygen atoms in total. The third kappa shape index (κ3) is 3.51. The van der Waals surface area contributed by atoms with Crippen molar-refractivity contribution in [2.75, 3.05) is 13.7 Å². The molecule has 0 aliphatic carbocycles. The molecule has 1 atom stereocenters. The van der Waals surface area contributed by atoms with Gasteiger partial charge in [-0.15, -0.1) is 0 Å². The van der Waals surface area contributed by atoms with Gasteiger partial charge in [0.25, 0.3) is 5.82 Å². The Morgan fingerprint density at radius 2 is 1.92 bits per heavy atom. The van der Waals surface area contributed by atoms with Crippen molar-refractivity contribution in [1.29, 1.82) is 0 Å². The Morgan fingerprint density at radius 1 is 1.12 bits per heavy atom. The highest BCUT2D eigenvalue weighted by atomic mass is 16.5. The number of hydrogen-bond acceptors (Lipinski definition) is 3. The first-order valence-electron chi connectivity index (χ1n) is 8.15. The maximum Gasteiger partial charge on any atom is 0.254 e. The lowest BCUT2D eigenvalue weighted by molar-refractivity contribution is -0.685. The molecular formula is C19H23N2O3+. The predicted molar refractivity (Wildman–Crippen MR) is 92.4 cm³/mol. The summed E-state index contributed by atoms with van der Waals surface area (Å²) < 4.78 is 13.0. The summed E-state index contributed by atoms with van der Waals surface area (Å²) in [5, 5.41) is 10.4. The highest BCUT2D eigenvalue weighted by molar-refractivity contribution is 5.71. The van der Waals surface area contributed by atoms with Crippen molar-refractivity contribution in [2.24, 2.45) is 0 Å². The van der Waals surface area contributed by atoms with E-state index in [1.165, 1.54) is 0 Å². The molecule has 5 heteroatoms. The van der Waals surface area contributed by atoms with Crippen LogP contribution in [0.15, 0.2) is 48.5 Å². The van der Waals surface area contributed by atoms with Gasteiger partial charge >= 0.3 is 0 Å². The second kappa shape index (κ2) is 7.36. The molecular weight excluding hydrogens is 304 g/mol. The maximum atomic E-state index is 10.4. The van der Waals surface area contributed by atoms with Gasteiger partial charge in [-0.3, -0.25) is 0 Å². The van der Waals surface area contributed by atoms with Gasteiger partial charge in [0.15, 0.2) is 11.0 Å². The standard InChI is InChI=1S/C19H22N2O3/c1-3-19-20-17-9-4-5-10-18(17)21(19)12-14(22)13-24-16-8-6-7-15(11-16)23-2/h4-11,14,22H,3,12-13H2,1-2H3/p+1. The van der Waals surface area contributed by atoms with Gasteiger partial charge in [0.05, 0.1) is 7.11 Å². The third-order valence-corrected chi connectivity index (χ3v) is 4.01. The molecule has 1 unspecified atom stereocenters. The number of H-pyrrole nitrogens is 1. The van der Waals surface area contributed by atoms with Crippen molar-refractivity contribution < 1.29 is 19.1 Å². The van der Waals surface area contributed by atoms with Crippen molar-refractivity contribution in [3.8, 4) is 11.5 Å². The average molecular weight is 327 g/mol. The number of aromatic nitrogens is 2. The molecule has 0 amide bonds. The molecule has 0 saturated heterocycles. The van der Waals surface area contributed by atoms with E-state index in [1.54, 1.807) is 7.11 Å². The molecule has 2 aromatic carbocycles. The van der Waals surface area contributed by atoms with Crippen LogP contribution in [0.5, 0.6) is 11.5 Å². The second-order valence-corrected chi connectivity index (χ2v) is 5.70. The Kier molecular flexibility index (Phi) is 5.01. The summed E-state index contributed by atoms with van der Waals surface area (Å²) >= 11 is 0. The van der Waals surface area contributed by atoms with Crippen molar-refractivity contribution in [3.63, 3.8) is 0 Å². The van der Waals surface area contributed by atoms with Gasteiger partial charge in [-0.1, -0.05) is 25.1 Å². The first-order valence-corrected chi connectivity index (χ1v) is 8.15. The largest absolute Gasteiger partial charge is 0.497 e. The van der Waals surface area contributed by atoms with Gasteiger partial charge in [-0.2, -0.15) is 0 Å². The van der Waals surface area contributed by atoms with Crippen molar-refractivity contribution in [1.82, 2.24) is 4.98 Å². The molecule has 3 aromatic rings. The van der Waals surface area contributed by atoms with Gasteiger partial charge in [-0.05, 0) is 24.3 Å². The average Bonchev–Trinajstić information content (AvgIpc) is 2.98. The van der Waals surface area contributed by atoms with Crippen molar-refractivity contribution in [3.05, 3.63) is 54.4 Å². The minimum absolute atomic E-state index is 0.225. The van der Waals surface area contributed by atoms with E-state index in [9.17, 15) is 5.11 Å². The molecule has 0 aliphatic rings. The number of benzene rings is 2. The fourth-order valence-electron chi connectivity index (χ4n) is 2.82. The molecule has 2 N–H and O–H groups in total. The number of aromatic amines is 1. The number of fused-ring (bicyclic) bond motifs is 1.